The van der Waals surface area contributed by atoms with Crippen LogP contribution in [-0.2, 0) is 0 Å². The molecule has 3 heterocycles. The van der Waals surface area contributed by atoms with E-state index < -0.39 is 0 Å². The Kier molecular flexibility index (Phi) is 4.61. The second-order valence-electron chi connectivity index (χ2n) is 8.04. The second kappa shape index (κ2) is 7.44. The zero-order chi connectivity index (χ0) is 20.7. The summed E-state index contributed by atoms with van der Waals surface area (Å²) < 4.78 is 9.44. The van der Waals surface area contributed by atoms with E-state index >= 15 is 0 Å². The minimum absolute atomic E-state index is 0.128. The number of ether oxygens (including phenoxy) is 1. The van der Waals surface area contributed by atoms with Crippen LogP contribution < -0.4 is 4.74 Å². The smallest absolute Gasteiger partial charge is 0.344 e. The fraction of sp³-hybridized carbons (Fsp3) is 0.364. The third-order valence-electron chi connectivity index (χ3n) is 6.03. The van der Waals surface area contributed by atoms with Crippen LogP contribution in [0.3, 0.4) is 0 Å². The topological polar surface area (TPSA) is 82.3 Å². The molecule has 2 aromatic heterocycles. The van der Waals surface area contributed by atoms with Gasteiger partial charge in [-0.15, -0.1) is 0 Å². The Morgan fingerprint density at radius 3 is 2.47 bits per heavy atom. The molecular weight excluding hydrogens is 382 g/mol. The van der Waals surface area contributed by atoms with E-state index in [0.29, 0.717) is 30.6 Å². The molecule has 1 aliphatic carbocycles. The Morgan fingerprint density at radius 2 is 1.80 bits per heavy atom. The fourth-order valence-corrected chi connectivity index (χ4v) is 4.60. The maximum Gasteiger partial charge on any atom is 0.344 e. The largest absolute Gasteiger partial charge is 0.488 e. The highest BCUT2D eigenvalue weighted by Gasteiger charge is 2.43. The van der Waals surface area contributed by atoms with Crippen LogP contribution in [0.1, 0.15) is 30.3 Å². The normalized spacial score (nSPS) is 22.8. The Bertz CT molecular complexity index is 1060. The molecule has 3 aromatic rings. The van der Waals surface area contributed by atoms with Crippen LogP contribution in [0, 0.1) is 11.8 Å². The van der Waals surface area contributed by atoms with Gasteiger partial charge in [-0.25, -0.2) is 9.48 Å². The first-order valence-corrected chi connectivity index (χ1v) is 10.2. The predicted molar refractivity (Wildman–Crippen MR) is 109 cm³/mol. The molecule has 0 spiro atoms. The number of carbonyl (C=O) groups excluding carboxylic acids is 2. The van der Waals surface area contributed by atoms with Gasteiger partial charge in [0.25, 0.3) is 0 Å². The van der Waals surface area contributed by atoms with Gasteiger partial charge in [0.05, 0.1) is 6.10 Å². The van der Waals surface area contributed by atoms with E-state index in [9.17, 15) is 9.59 Å². The number of amides is 1. The number of para-hydroxylation sites is 2. The van der Waals surface area contributed by atoms with Crippen molar-refractivity contribution in [1.82, 2.24) is 24.5 Å². The summed E-state index contributed by atoms with van der Waals surface area (Å²) in [6.45, 7) is 2.83. The molecule has 3 atom stereocenters. The van der Waals surface area contributed by atoms with E-state index in [1.807, 2.05) is 46.1 Å². The number of rotatable bonds is 4. The van der Waals surface area contributed by atoms with Crippen LogP contribution in [0.15, 0.2) is 55.0 Å². The van der Waals surface area contributed by atoms with Gasteiger partial charge in [0.1, 0.15) is 17.1 Å². The zero-order valence-corrected chi connectivity index (χ0v) is 16.7. The number of nitrogens with zero attached hydrogens (tertiary/aromatic N) is 5. The molecule has 154 valence electrons. The average Bonchev–Trinajstić information content (AvgIpc) is 3.50. The van der Waals surface area contributed by atoms with Crippen molar-refractivity contribution in [3.63, 3.8) is 0 Å². The van der Waals surface area contributed by atoms with Gasteiger partial charge in [0, 0.05) is 38.6 Å². The molecule has 8 heteroatoms. The van der Waals surface area contributed by atoms with E-state index in [-0.39, 0.29) is 17.9 Å². The first-order valence-electron chi connectivity index (χ1n) is 10.2. The maximum atomic E-state index is 12.7. The van der Waals surface area contributed by atoms with Crippen molar-refractivity contribution in [3.05, 3.63) is 60.7 Å². The minimum atomic E-state index is -0.168. The lowest BCUT2D eigenvalue weighted by molar-refractivity contribution is 0.101. The number of aromatic nitrogens is 4. The monoisotopic (exact) mass is 405 g/mol. The molecule has 1 aliphatic heterocycles. The summed E-state index contributed by atoms with van der Waals surface area (Å²) >= 11 is 0. The molecule has 8 nitrogen and oxygen atoms in total. The number of likely N-dealkylation sites (tertiary alicyclic amines) is 1. The van der Waals surface area contributed by atoms with Crippen LogP contribution in [0.4, 0.5) is 4.79 Å². The van der Waals surface area contributed by atoms with E-state index in [4.69, 9.17) is 4.74 Å². The van der Waals surface area contributed by atoms with Crippen molar-refractivity contribution >= 4 is 11.8 Å². The molecule has 0 radical (unpaired) electrons. The Morgan fingerprint density at radius 1 is 1.03 bits per heavy atom. The minimum Gasteiger partial charge on any atom is -0.488 e. The van der Waals surface area contributed by atoms with Crippen LogP contribution >= 0.6 is 0 Å². The number of hydrogen-bond acceptors (Lipinski definition) is 5. The number of fused-ring (bicyclic) bond motifs is 1. The summed E-state index contributed by atoms with van der Waals surface area (Å²) in [4.78, 5) is 26.0. The van der Waals surface area contributed by atoms with Gasteiger partial charge < -0.3 is 9.64 Å². The van der Waals surface area contributed by atoms with Gasteiger partial charge in [-0.05, 0) is 48.9 Å². The van der Waals surface area contributed by atoms with Crippen molar-refractivity contribution < 1.29 is 14.3 Å². The van der Waals surface area contributed by atoms with Gasteiger partial charge in [0.15, 0.2) is 5.78 Å². The lowest BCUT2D eigenvalue weighted by atomic mass is 10.0. The Balaban J connectivity index is 1.23. The molecule has 30 heavy (non-hydrogen) atoms. The first kappa shape index (κ1) is 18.6. The van der Waals surface area contributed by atoms with Crippen LogP contribution in [-0.4, -0.2) is 55.5 Å². The lowest BCUT2D eigenvalue weighted by Crippen LogP contribution is -2.34. The molecule has 2 aliphatic rings. The molecular formula is C22H23N5O3. The zero-order valence-electron chi connectivity index (χ0n) is 16.7. The molecule has 1 saturated heterocycles. The van der Waals surface area contributed by atoms with E-state index in [0.717, 1.165) is 24.3 Å². The van der Waals surface area contributed by atoms with Gasteiger partial charge in [-0.3, -0.25) is 4.79 Å². The third-order valence-corrected chi connectivity index (χ3v) is 6.03. The van der Waals surface area contributed by atoms with Crippen molar-refractivity contribution in [1.29, 1.82) is 0 Å². The fourth-order valence-electron chi connectivity index (χ4n) is 4.60. The van der Waals surface area contributed by atoms with Gasteiger partial charge >= 0.3 is 6.03 Å². The van der Waals surface area contributed by atoms with E-state index in [1.54, 1.807) is 18.5 Å². The highest BCUT2D eigenvalue weighted by Crippen LogP contribution is 2.40. The number of carbonyl (C=O) groups is 2. The molecule has 2 fully saturated rings. The molecule has 5 rings (SSSR count). The molecule has 1 amide bonds. The summed E-state index contributed by atoms with van der Waals surface area (Å²) in [7, 11) is 0. The van der Waals surface area contributed by atoms with Gasteiger partial charge in [-0.2, -0.15) is 14.9 Å². The number of benzene rings is 1. The quantitative estimate of drug-likeness (QED) is 0.623. The summed E-state index contributed by atoms with van der Waals surface area (Å²) in [6, 6.07) is 11.2. The predicted octanol–water partition coefficient (Wildman–Crippen LogP) is 3.03. The Labute approximate surface area is 174 Å². The molecule has 0 bridgehead atoms. The Hall–Kier alpha value is -3.42. The number of hydrogen-bond donors (Lipinski definition) is 0. The summed E-state index contributed by atoms with van der Waals surface area (Å²) in [5, 5.41) is 8.41. The maximum absolute atomic E-state index is 12.7. The number of ketones is 1. The standard InChI is InChI=1S/C22H23N5O3/c1-15(28)19-7-10-27(24-19)22(29)25-13-16-11-18(12-17(16)14-25)30-21-6-3-2-5-20(21)26-9-4-8-23-26/h2-10,16-18H,11-14H2,1H3/t16-,17+,18?. The van der Waals surface area contributed by atoms with Crippen LogP contribution in [0.25, 0.3) is 5.69 Å². The summed E-state index contributed by atoms with van der Waals surface area (Å²) in [6.07, 6.45) is 7.18. The van der Waals surface area contributed by atoms with Gasteiger partial charge in [0.2, 0.25) is 0 Å². The van der Waals surface area contributed by atoms with E-state index in [1.165, 1.54) is 11.6 Å². The van der Waals surface area contributed by atoms with Gasteiger partial charge in [-0.1, -0.05) is 12.1 Å². The third kappa shape index (κ3) is 3.38. The first-order chi connectivity index (χ1) is 14.6. The number of Topliss-reactive ketones (excluding diaryl/α,β-unsaturated/α-hetero) is 1. The highest BCUT2D eigenvalue weighted by molar-refractivity contribution is 5.92. The molecule has 1 saturated carbocycles. The molecule has 0 N–H and O–H groups in total. The van der Waals surface area contributed by atoms with Crippen molar-refractivity contribution in [2.75, 3.05) is 13.1 Å². The molecule has 1 aromatic carbocycles. The summed E-state index contributed by atoms with van der Waals surface area (Å²) in [5.41, 5.74) is 1.24. The highest BCUT2D eigenvalue weighted by atomic mass is 16.5. The SMILES string of the molecule is CC(=O)c1ccn(C(=O)N2C[C@H]3CC(Oc4ccccc4-n4cccn4)C[C@H]3C2)n1. The molecule has 1 unspecified atom stereocenters. The van der Waals surface area contributed by atoms with E-state index in [2.05, 4.69) is 10.2 Å². The average molecular weight is 405 g/mol. The van der Waals surface area contributed by atoms with Crippen molar-refractivity contribution in [2.24, 2.45) is 11.8 Å². The summed E-state index contributed by atoms with van der Waals surface area (Å²) in [5.74, 6) is 1.51. The van der Waals surface area contributed by atoms with Crippen LogP contribution in [0.5, 0.6) is 5.75 Å². The van der Waals surface area contributed by atoms with Crippen molar-refractivity contribution in [3.8, 4) is 11.4 Å². The van der Waals surface area contributed by atoms with Crippen LogP contribution in [0.2, 0.25) is 0 Å². The van der Waals surface area contributed by atoms with Crippen molar-refractivity contribution in [2.45, 2.75) is 25.9 Å². The lowest BCUT2D eigenvalue weighted by Gasteiger charge is -2.20. The second-order valence-corrected chi connectivity index (χ2v) is 8.04.